The molecule has 0 aliphatic carbocycles. The summed E-state index contributed by atoms with van der Waals surface area (Å²) in [6.45, 7) is 1.93. The maximum Gasteiger partial charge on any atom is 1.00 e. The molecule has 0 aromatic rings. The fraction of sp³-hybridized carbons (Fsp3) is 1.00. The van der Waals surface area contributed by atoms with E-state index in [1.165, 1.54) is 0 Å². The van der Waals surface area contributed by atoms with Crippen LogP contribution in [0.25, 0.3) is 0 Å². The summed E-state index contributed by atoms with van der Waals surface area (Å²) in [5.41, 5.74) is 0. The van der Waals surface area contributed by atoms with Crippen molar-refractivity contribution in [2.24, 2.45) is 0 Å². The van der Waals surface area contributed by atoms with Crippen LogP contribution in [0.15, 0.2) is 0 Å². The predicted molar refractivity (Wildman–Crippen MR) is 28.9 cm³/mol. The van der Waals surface area contributed by atoms with E-state index in [-0.39, 0.29) is 37.6 Å². The van der Waals surface area contributed by atoms with Crippen LogP contribution >= 0.6 is 0 Å². The van der Waals surface area contributed by atoms with Crippen molar-refractivity contribution in [3.8, 4) is 0 Å². The van der Waals surface area contributed by atoms with Gasteiger partial charge in [-0.15, -0.1) is 0 Å². The Balaban J connectivity index is -0.0000000160. The molecule has 0 fully saturated rings. The Morgan fingerprint density at radius 3 is 1.57 bits per heavy atom. The summed E-state index contributed by atoms with van der Waals surface area (Å²) in [5, 5.41) is 10.3. The number of hydrogen-bond donors (Lipinski definition) is 2. The van der Waals surface area contributed by atoms with Crippen molar-refractivity contribution in [3.05, 3.63) is 0 Å². The van der Waals surface area contributed by atoms with E-state index >= 15 is 0 Å². The largest absolute Gasteiger partial charge is 1.00 e. The molecule has 0 atom stereocenters. The average Bonchev–Trinajstić information content (AvgIpc) is 1.39. The number of nitrogens with one attached hydrogen (secondary N) is 1. The van der Waals surface area contributed by atoms with E-state index in [1.54, 1.807) is 6.92 Å². The minimum Gasteiger partial charge on any atom is -1.00 e. The van der Waals surface area contributed by atoms with E-state index < -0.39 is 0 Å². The van der Waals surface area contributed by atoms with Gasteiger partial charge >= 0.3 is 29.6 Å². The summed E-state index contributed by atoms with van der Waals surface area (Å²) in [6, 6.07) is 0. The summed E-state index contributed by atoms with van der Waals surface area (Å²) in [7, 11) is 3.75. The molecule has 0 unspecified atom stereocenters. The molecule has 2 nitrogen and oxygen atoms in total. The fourth-order valence-corrected chi connectivity index (χ4v) is 0. The molecule has 0 amide bonds. The van der Waals surface area contributed by atoms with Crippen LogP contribution in [-0.2, 0) is 0 Å². The van der Waals surface area contributed by atoms with Crippen molar-refractivity contribution in [1.82, 2.24) is 5.32 Å². The van der Waals surface area contributed by atoms with Gasteiger partial charge in [-0.2, -0.15) is 0 Å². The smallest absolute Gasteiger partial charge is 1.00 e. The Morgan fingerprint density at radius 1 is 1.57 bits per heavy atom. The van der Waals surface area contributed by atoms with Gasteiger partial charge in [-0.25, -0.2) is 0 Å². The second kappa shape index (κ2) is 28.4. The fourth-order valence-electron chi connectivity index (χ4n) is 0. The van der Waals surface area contributed by atoms with E-state index in [1.807, 2.05) is 14.1 Å². The third kappa shape index (κ3) is 198. The van der Waals surface area contributed by atoms with Gasteiger partial charge < -0.3 is 11.8 Å². The molecule has 7 heavy (non-hydrogen) atoms. The van der Waals surface area contributed by atoms with Gasteiger partial charge in [-0.05, 0) is 21.0 Å². The van der Waals surface area contributed by atoms with Crippen LogP contribution in [-0.4, -0.2) is 25.8 Å². The molecular formula is C4H14NNaO. The van der Waals surface area contributed by atoms with Crippen LogP contribution in [0.2, 0.25) is 0 Å². The topological polar surface area (TPSA) is 32.3 Å². The van der Waals surface area contributed by atoms with Crippen LogP contribution in [0.1, 0.15) is 8.35 Å². The first-order chi connectivity index (χ1) is 2.83. The maximum absolute atomic E-state index is 7.57. The summed E-state index contributed by atoms with van der Waals surface area (Å²) in [4.78, 5) is 0. The minimum atomic E-state index is 0. The van der Waals surface area contributed by atoms with Gasteiger partial charge in [0.15, 0.2) is 0 Å². The van der Waals surface area contributed by atoms with Gasteiger partial charge in [0.2, 0.25) is 0 Å². The zero-order valence-electron chi connectivity index (χ0n) is 6.65. The molecule has 3 heteroatoms. The molecule has 0 aliphatic heterocycles. The molecule has 0 saturated heterocycles. The second-order valence-corrected chi connectivity index (χ2v) is 0.816. The molecule has 0 aliphatic rings. The van der Waals surface area contributed by atoms with Crippen LogP contribution < -0.4 is 34.9 Å². The number of rotatable bonds is 0. The van der Waals surface area contributed by atoms with Gasteiger partial charge in [0.1, 0.15) is 0 Å². The van der Waals surface area contributed by atoms with Crippen LogP contribution in [0.5, 0.6) is 0 Å². The maximum atomic E-state index is 7.57. The molecule has 0 aromatic heterocycles. The minimum absolute atomic E-state index is 0. The summed E-state index contributed by atoms with van der Waals surface area (Å²) in [5.74, 6) is 0. The van der Waals surface area contributed by atoms with Crippen molar-refractivity contribution < 1.29 is 36.1 Å². The Hall–Kier alpha value is 0.920. The Morgan fingerprint density at radius 2 is 1.57 bits per heavy atom. The molecule has 0 radical (unpaired) electrons. The molecule has 0 heterocycles. The molecule has 42 valence electrons. The van der Waals surface area contributed by atoms with Crippen molar-refractivity contribution in [2.75, 3.05) is 20.7 Å². The van der Waals surface area contributed by atoms with E-state index in [0.717, 1.165) is 0 Å². The summed E-state index contributed by atoms with van der Waals surface area (Å²) in [6.07, 6.45) is 0. The first-order valence-electron chi connectivity index (χ1n) is 2.02. The monoisotopic (exact) mass is 115 g/mol. The molecule has 0 aromatic carbocycles. The summed E-state index contributed by atoms with van der Waals surface area (Å²) >= 11 is 0. The van der Waals surface area contributed by atoms with Gasteiger partial charge in [-0.3, -0.25) is 0 Å². The Kier molecular flexibility index (Phi) is 63.7. The van der Waals surface area contributed by atoms with Crippen molar-refractivity contribution in [2.45, 2.75) is 6.92 Å². The molecule has 0 bridgehead atoms. The Labute approximate surface area is 69.1 Å². The third-order valence-electron chi connectivity index (χ3n) is 0. The first kappa shape index (κ1) is 15.7. The first-order valence-corrected chi connectivity index (χ1v) is 2.02. The second-order valence-electron chi connectivity index (χ2n) is 0.816. The quantitative estimate of drug-likeness (QED) is 0.329. The van der Waals surface area contributed by atoms with Crippen molar-refractivity contribution >= 4 is 0 Å². The molecule has 0 rings (SSSR count). The van der Waals surface area contributed by atoms with E-state index in [2.05, 4.69) is 5.32 Å². The van der Waals surface area contributed by atoms with E-state index in [9.17, 15) is 0 Å². The Bertz CT molecular complexity index is 18.0. The van der Waals surface area contributed by atoms with E-state index in [0.29, 0.717) is 0 Å². The van der Waals surface area contributed by atoms with Gasteiger partial charge in [-0.1, -0.05) is 0 Å². The van der Waals surface area contributed by atoms with Gasteiger partial charge in [0, 0.05) is 6.61 Å². The van der Waals surface area contributed by atoms with Crippen molar-refractivity contribution in [1.29, 1.82) is 0 Å². The van der Waals surface area contributed by atoms with Gasteiger partial charge in [0.05, 0.1) is 0 Å². The standard InChI is InChI=1S/C2H7N.C2H6O.Na.H/c1-3-2;1-2-3;;/h3H,1-2H3;3H,2H2,1H3;;/q;;+1;-1. The average molecular weight is 115 g/mol. The SMILES string of the molecule is CCO.CNC.[H-].[Na+]. The van der Waals surface area contributed by atoms with Crippen LogP contribution in [0.3, 0.4) is 0 Å². The number of hydrogen-bond acceptors (Lipinski definition) is 2. The zero-order valence-corrected chi connectivity index (χ0v) is 7.65. The number of aliphatic hydroxyl groups is 1. The summed E-state index contributed by atoms with van der Waals surface area (Å²) < 4.78 is 0. The van der Waals surface area contributed by atoms with E-state index in [4.69, 9.17) is 5.11 Å². The predicted octanol–water partition coefficient (Wildman–Crippen LogP) is -3.05. The normalized spacial score (nSPS) is 5.14. The zero-order chi connectivity index (χ0) is 5.41. The van der Waals surface area contributed by atoms with Crippen LogP contribution in [0.4, 0.5) is 0 Å². The molecule has 0 saturated carbocycles. The van der Waals surface area contributed by atoms with Gasteiger partial charge in [0.25, 0.3) is 0 Å². The molecule has 0 spiro atoms. The molecular weight excluding hydrogens is 101 g/mol. The number of aliphatic hydroxyl groups excluding tert-OH is 1. The molecule has 2 N–H and O–H groups in total. The van der Waals surface area contributed by atoms with Crippen LogP contribution in [0, 0.1) is 0 Å². The third-order valence-corrected chi connectivity index (χ3v) is 0. The van der Waals surface area contributed by atoms with Crippen molar-refractivity contribution in [3.63, 3.8) is 0 Å².